The SMILES string of the molecule is COc1ccc(C)cc1[C@]1(C(=O)NS(=O)(=O)c2cccc3nc(C)ccc23)C[C@@H]1c1ccccn1. The fourth-order valence-corrected chi connectivity index (χ4v) is 6.03. The van der Waals surface area contributed by atoms with Crippen LogP contribution in [0.3, 0.4) is 0 Å². The number of nitrogens with zero attached hydrogens (tertiary/aromatic N) is 2. The van der Waals surface area contributed by atoms with Crippen molar-refractivity contribution in [2.24, 2.45) is 0 Å². The summed E-state index contributed by atoms with van der Waals surface area (Å²) in [6.45, 7) is 3.76. The van der Waals surface area contributed by atoms with Crippen LogP contribution in [0.15, 0.2) is 77.8 Å². The zero-order chi connectivity index (χ0) is 24.8. The lowest BCUT2D eigenvalue weighted by Gasteiger charge is -2.21. The standard InChI is InChI=1S/C27H25N3O4S/c1-17-10-13-24(34-3)20(15-17)27(16-21(27)23-7-4-5-14-28-23)26(31)30-35(32,33)25-9-6-8-22-19(25)12-11-18(2)29-22/h4-15,21H,16H2,1-3H3,(H,30,31)/t21-,27-/m1/s1. The molecule has 1 N–H and O–H groups in total. The highest BCUT2D eigenvalue weighted by Crippen LogP contribution is 2.62. The largest absolute Gasteiger partial charge is 0.496 e. The summed E-state index contributed by atoms with van der Waals surface area (Å²) >= 11 is 0. The van der Waals surface area contributed by atoms with Crippen LogP contribution >= 0.6 is 0 Å². The van der Waals surface area contributed by atoms with Gasteiger partial charge in [-0.05, 0) is 62.7 Å². The average molecular weight is 488 g/mol. The number of benzene rings is 2. The molecule has 35 heavy (non-hydrogen) atoms. The first-order chi connectivity index (χ1) is 16.8. The number of aryl methyl sites for hydroxylation is 2. The molecule has 0 spiro atoms. The molecule has 1 saturated carbocycles. The van der Waals surface area contributed by atoms with E-state index in [0.29, 0.717) is 28.6 Å². The van der Waals surface area contributed by atoms with Gasteiger partial charge in [-0.25, -0.2) is 13.1 Å². The van der Waals surface area contributed by atoms with E-state index in [0.717, 1.165) is 17.0 Å². The second-order valence-electron chi connectivity index (χ2n) is 8.90. The Labute approximate surface area is 204 Å². The molecule has 1 fully saturated rings. The second-order valence-corrected chi connectivity index (χ2v) is 10.5. The number of methoxy groups -OCH3 is 1. The summed E-state index contributed by atoms with van der Waals surface area (Å²) in [6, 6.07) is 19.4. The summed E-state index contributed by atoms with van der Waals surface area (Å²) in [4.78, 5) is 22.8. The maximum atomic E-state index is 13.9. The van der Waals surface area contributed by atoms with Crippen LogP contribution in [0, 0.1) is 13.8 Å². The minimum Gasteiger partial charge on any atom is -0.496 e. The van der Waals surface area contributed by atoms with Crippen LogP contribution in [0.4, 0.5) is 0 Å². The molecule has 0 aliphatic heterocycles. The van der Waals surface area contributed by atoms with Gasteiger partial charge in [0.2, 0.25) is 5.91 Å². The van der Waals surface area contributed by atoms with Crippen LogP contribution in [-0.2, 0) is 20.2 Å². The molecule has 0 unspecified atom stereocenters. The quantitative estimate of drug-likeness (QED) is 0.438. The number of carbonyl (C=O) groups excluding carboxylic acids is 1. The van der Waals surface area contributed by atoms with Gasteiger partial charge in [-0.3, -0.25) is 14.8 Å². The van der Waals surface area contributed by atoms with E-state index < -0.39 is 21.3 Å². The van der Waals surface area contributed by atoms with Gasteiger partial charge in [0.15, 0.2) is 0 Å². The molecule has 0 bridgehead atoms. The third-order valence-corrected chi connectivity index (χ3v) is 7.98. The van der Waals surface area contributed by atoms with Crippen molar-refractivity contribution in [2.45, 2.75) is 36.5 Å². The Balaban J connectivity index is 1.59. The Morgan fingerprint density at radius 2 is 1.89 bits per heavy atom. The van der Waals surface area contributed by atoms with Crippen LogP contribution in [0.5, 0.6) is 5.75 Å². The first kappa shape index (κ1) is 23.0. The smallest absolute Gasteiger partial charge is 0.264 e. The van der Waals surface area contributed by atoms with Crippen molar-refractivity contribution >= 4 is 26.8 Å². The Hall–Kier alpha value is -3.78. The molecule has 0 radical (unpaired) electrons. The van der Waals surface area contributed by atoms with Gasteiger partial charge in [-0.1, -0.05) is 29.8 Å². The lowest BCUT2D eigenvalue weighted by atomic mass is 9.89. The fraction of sp³-hybridized carbons (Fsp3) is 0.222. The van der Waals surface area contributed by atoms with Gasteiger partial charge in [0.25, 0.3) is 10.0 Å². The van der Waals surface area contributed by atoms with Crippen molar-refractivity contribution in [3.05, 3.63) is 95.4 Å². The van der Waals surface area contributed by atoms with E-state index in [-0.39, 0.29) is 10.8 Å². The van der Waals surface area contributed by atoms with Crippen molar-refractivity contribution in [1.29, 1.82) is 0 Å². The van der Waals surface area contributed by atoms with E-state index >= 15 is 0 Å². The van der Waals surface area contributed by atoms with Crippen LogP contribution in [0.25, 0.3) is 10.9 Å². The first-order valence-electron chi connectivity index (χ1n) is 11.3. The topological polar surface area (TPSA) is 98.2 Å². The summed E-state index contributed by atoms with van der Waals surface area (Å²) in [5.41, 5.74) is 2.52. The Kier molecular flexibility index (Phi) is 5.56. The molecule has 178 valence electrons. The minimum atomic E-state index is -4.19. The highest BCUT2D eigenvalue weighted by molar-refractivity contribution is 7.90. The van der Waals surface area contributed by atoms with E-state index in [2.05, 4.69) is 14.7 Å². The molecule has 8 heteroatoms. The monoisotopic (exact) mass is 487 g/mol. The van der Waals surface area contributed by atoms with Crippen molar-refractivity contribution in [3.8, 4) is 5.75 Å². The second kappa shape index (κ2) is 8.46. The summed E-state index contributed by atoms with van der Waals surface area (Å²) in [5, 5.41) is 0.456. The molecule has 0 saturated heterocycles. The lowest BCUT2D eigenvalue weighted by molar-refractivity contribution is -0.122. The maximum Gasteiger partial charge on any atom is 0.264 e. The van der Waals surface area contributed by atoms with Crippen molar-refractivity contribution in [3.63, 3.8) is 0 Å². The van der Waals surface area contributed by atoms with Crippen LogP contribution in [0.1, 0.15) is 34.9 Å². The van der Waals surface area contributed by atoms with Gasteiger partial charge in [0, 0.05) is 34.5 Å². The van der Waals surface area contributed by atoms with Gasteiger partial charge in [-0.2, -0.15) is 0 Å². The normalized spacial score (nSPS) is 19.3. The average Bonchev–Trinajstić information content (AvgIpc) is 3.61. The number of aromatic nitrogens is 2. The van der Waals surface area contributed by atoms with Crippen LogP contribution < -0.4 is 9.46 Å². The molecular weight excluding hydrogens is 462 g/mol. The number of amides is 1. The molecule has 1 aliphatic carbocycles. The van der Waals surface area contributed by atoms with Crippen LogP contribution in [0.2, 0.25) is 0 Å². The van der Waals surface area contributed by atoms with E-state index in [4.69, 9.17) is 4.74 Å². The summed E-state index contributed by atoms with van der Waals surface area (Å²) in [6.07, 6.45) is 2.09. The molecule has 7 nitrogen and oxygen atoms in total. The van der Waals surface area contributed by atoms with E-state index in [1.54, 1.807) is 43.6 Å². The number of pyridine rings is 2. The van der Waals surface area contributed by atoms with Crippen molar-refractivity contribution < 1.29 is 17.9 Å². The highest BCUT2D eigenvalue weighted by Gasteiger charge is 2.64. The number of hydrogen-bond donors (Lipinski definition) is 1. The predicted octanol–water partition coefficient (Wildman–Crippen LogP) is 4.19. The molecule has 1 amide bonds. The van der Waals surface area contributed by atoms with Crippen molar-refractivity contribution in [2.75, 3.05) is 7.11 Å². The number of hydrogen-bond acceptors (Lipinski definition) is 6. The van der Waals surface area contributed by atoms with Gasteiger partial charge < -0.3 is 4.74 Å². The molecule has 2 aromatic carbocycles. The number of carbonyl (C=O) groups is 1. The third-order valence-electron chi connectivity index (χ3n) is 6.59. The van der Waals surface area contributed by atoms with Crippen molar-refractivity contribution in [1.82, 2.24) is 14.7 Å². The molecule has 2 aromatic heterocycles. The van der Waals surface area contributed by atoms with E-state index in [9.17, 15) is 13.2 Å². The predicted molar refractivity (Wildman–Crippen MR) is 133 cm³/mol. The Morgan fingerprint density at radius 1 is 1.06 bits per heavy atom. The summed E-state index contributed by atoms with van der Waals surface area (Å²) in [7, 11) is -2.64. The summed E-state index contributed by atoms with van der Waals surface area (Å²) in [5.74, 6) is -0.355. The minimum absolute atomic E-state index is 0.0113. The van der Waals surface area contributed by atoms with E-state index in [1.165, 1.54) is 6.07 Å². The first-order valence-corrected chi connectivity index (χ1v) is 12.7. The zero-order valence-electron chi connectivity index (χ0n) is 19.6. The number of rotatable bonds is 6. The molecule has 2 heterocycles. The van der Waals surface area contributed by atoms with Crippen LogP contribution in [-0.4, -0.2) is 31.4 Å². The van der Waals surface area contributed by atoms with Gasteiger partial charge >= 0.3 is 0 Å². The molecule has 2 atom stereocenters. The summed E-state index contributed by atoms with van der Waals surface area (Å²) < 4.78 is 35.0. The number of ether oxygens (including phenoxy) is 1. The molecular formula is C27H25N3O4S. The van der Waals surface area contributed by atoms with Gasteiger partial charge in [0.1, 0.15) is 5.75 Å². The lowest BCUT2D eigenvalue weighted by Crippen LogP contribution is -2.40. The molecule has 5 rings (SSSR count). The Morgan fingerprint density at radius 3 is 2.63 bits per heavy atom. The number of fused-ring (bicyclic) bond motifs is 1. The third kappa shape index (κ3) is 3.93. The Bertz CT molecular complexity index is 1550. The highest BCUT2D eigenvalue weighted by atomic mass is 32.2. The van der Waals surface area contributed by atoms with Gasteiger partial charge in [-0.15, -0.1) is 0 Å². The number of nitrogens with one attached hydrogen (secondary N) is 1. The fourth-order valence-electron chi connectivity index (χ4n) is 4.77. The molecule has 4 aromatic rings. The zero-order valence-corrected chi connectivity index (χ0v) is 20.5. The van der Waals surface area contributed by atoms with Gasteiger partial charge in [0.05, 0.1) is 22.9 Å². The maximum absolute atomic E-state index is 13.9. The number of sulfonamides is 1. The molecule has 1 aliphatic rings. The van der Waals surface area contributed by atoms with E-state index in [1.807, 2.05) is 44.2 Å².